The molecule has 0 saturated heterocycles. The second kappa shape index (κ2) is 12.8. The molecule has 4 amide bonds. The SMILES string of the molecule is CC[C@@H](NC(=O)N[C@@H](CCCN=C(N)N)CC(N)=O)NC(=O)[C@H]1CCCC[C@@H]1N. The Balaban J connectivity index is 2.53. The minimum Gasteiger partial charge on any atom is -0.370 e. The first-order valence-corrected chi connectivity index (χ1v) is 10.2. The Morgan fingerprint density at radius 2 is 1.76 bits per heavy atom. The molecule has 0 aromatic carbocycles. The van der Waals surface area contributed by atoms with Crippen LogP contribution in [-0.2, 0) is 9.59 Å². The van der Waals surface area contributed by atoms with Gasteiger partial charge in [-0.15, -0.1) is 0 Å². The van der Waals surface area contributed by atoms with Crippen molar-refractivity contribution in [3.63, 3.8) is 0 Å². The number of rotatable bonds is 11. The van der Waals surface area contributed by atoms with Crippen molar-refractivity contribution in [3.8, 4) is 0 Å². The topological polar surface area (TPSA) is 204 Å². The van der Waals surface area contributed by atoms with Crippen LogP contribution in [0.5, 0.6) is 0 Å². The normalized spacial score (nSPS) is 20.8. The Hall–Kier alpha value is -2.56. The molecule has 1 saturated carbocycles. The highest BCUT2D eigenvalue weighted by atomic mass is 16.2. The second-order valence-electron chi connectivity index (χ2n) is 7.46. The highest BCUT2D eigenvalue weighted by Gasteiger charge is 2.29. The molecule has 0 bridgehead atoms. The average molecular weight is 413 g/mol. The third-order valence-electron chi connectivity index (χ3n) is 4.97. The van der Waals surface area contributed by atoms with Gasteiger partial charge in [-0.05, 0) is 32.1 Å². The molecule has 0 radical (unpaired) electrons. The molecule has 11 N–H and O–H groups in total. The molecule has 0 aromatic heterocycles. The van der Waals surface area contributed by atoms with Crippen LogP contribution in [0.15, 0.2) is 4.99 Å². The van der Waals surface area contributed by atoms with Gasteiger partial charge in [-0.3, -0.25) is 14.6 Å². The minimum atomic E-state index is -0.535. The number of nitrogens with zero attached hydrogens (tertiary/aromatic N) is 1. The van der Waals surface area contributed by atoms with E-state index in [4.69, 9.17) is 22.9 Å². The van der Waals surface area contributed by atoms with Crippen LogP contribution in [0.25, 0.3) is 0 Å². The van der Waals surface area contributed by atoms with E-state index in [0.717, 1.165) is 25.7 Å². The number of carbonyl (C=O) groups is 3. The molecule has 1 rings (SSSR count). The van der Waals surface area contributed by atoms with Gasteiger partial charge in [0.05, 0.1) is 5.92 Å². The van der Waals surface area contributed by atoms with E-state index in [9.17, 15) is 14.4 Å². The molecule has 0 spiro atoms. The molecule has 4 atom stereocenters. The van der Waals surface area contributed by atoms with Crippen molar-refractivity contribution in [2.75, 3.05) is 6.54 Å². The molecule has 1 aliphatic rings. The van der Waals surface area contributed by atoms with Gasteiger partial charge >= 0.3 is 6.03 Å². The van der Waals surface area contributed by atoms with Crippen LogP contribution < -0.4 is 38.9 Å². The Morgan fingerprint density at radius 1 is 1.07 bits per heavy atom. The number of guanidine groups is 1. The summed E-state index contributed by atoms with van der Waals surface area (Å²) in [6.07, 6.45) is 4.62. The third kappa shape index (κ3) is 9.97. The summed E-state index contributed by atoms with van der Waals surface area (Å²) in [5.41, 5.74) is 21.9. The van der Waals surface area contributed by atoms with Crippen LogP contribution in [0.1, 0.15) is 58.3 Å². The summed E-state index contributed by atoms with van der Waals surface area (Å²) < 4.78 is 0. The summed E-state index contributed by atoms with van der Waals surface area (Å²) in [6.45, 7) is 2.23. The zero-order valence-electron chi connectivity index (χ0n) is 17.2. The number of nitrogens with two attached hydrogens (primary N) is 4. The Kier molecular flexibility index (Phi) is 10.8. The zero-order valence-corrected chi connectivity index (χ0v) is 17.2. The number of aliphatic imine (C=N–C) groups is 1. The van der Waals surface area contributed by atoms with Crippen molar-refractivity contribution < 1.29 is 14.4 Å². The zero-order chi connectivity index (χ0) is 21.8. The highest BCUT2D eigenvalue weighted by molar-refractivity contribution is 5.81. The number of urea groups is 1. The lowest BCUT2D eigenvalue weighted by Gasteiger charge is -2.29. The highest BCUT2D eigenvalue weighted by Crippen LogP contribution is 2.23. The molecule has 166 valence electrons. The van der Waals surface area contributed by atoms with Crippen LogP contribution in [0.4, 0.5) is 4.79 Å². The monoisotopic (exact) mass is 412 g/mol. The first kappa shape index (κ1) is 24.5. The maximum Gasteiger partial charge on any atom is 0.316 e. The Morgan fingerprint density at radius 3 is 2.34 bits per heavy atom. The number of hydrogen-bond acceptors (Lipinski definition) is 5. The van der Waals surface area contributed by atoms with Crippen LogP contribution in [0.2, 0.25) is 0 Å². The molecule has 29 heavy (non-hydrogen) atoms. The minimum absolute atomic E-state index is 0.00464. The molecule has 0 heterocycles. The largest absolute Gasteiger partial charge is 0.370 e. The first-order chi connectivity index (χ1) is 13.7. The summed E-state index contributed by atoms with van der Waals surface area (Å²) in [7, 11) is 0. The van der Waals surface area contributed by atoms with E-state index in [1.54, 1.807) is 0 Å². The van der Waals surface area contributed by atoms with E-state index in [2.05, 4.69) is 20.9 Å². The van der Waals surface area contributed by atoms with Crippen molar-refractivity contribution in [1.29, 1.82) is 0 Å². The number of primary amides is 1. The van der Waals surface area contributed by atoms with Gasteiger partial charge in [0.25, 0.3) is 0 Å². The van der Waals surface area contributed by atoms with Gasteiger partial charge in [-0.25, -0.2) is 4.79 Å². The van der Waals surface area contributed by atoms with Crippen molar-refractivity contribution in [2.24, 2.45) is 33.8 Å². The van der Waals surface area contributed by atoms with Gasteiger partial charge in [0.1, 0.15) is 6.17 Å². The number of hydrogen-bond donors (Lipinski definition) is 7. The summed E-state index contributed by atoms with van der Waals surface area (Å²) in [5.74, 6) is -0.916. The van der Waals surface area contributed by atoms with Gasteiger partial charge in [-0.1, -0.05) is 19.8 Å². The standard InChI is InChI=1S/C18H36N8O3/c1-2-15(25-16(28)12-7-3-4-8-13(12)19)26-18(29)24-11(10-14(20)27)6-5-9-23-17(21)22/h11-13,15H,2-10,19H2,1H3,(H2,20,27)(H,25,28)(H4,21,22,23)(H2,24,26,29)/t11-,12-,13-,15+/m0/s1. The van der Waals surface area contributed by atoms with Crippen molar-refractivity contribution in [1.82, 2.24) is 16.0 Å². The Bertz CT molecular complexity index is 579. The lowest BCUT2D eigenvalue weighted by Crippen LogP contribution is -2.55. The van der Waals surface area contributed by atoms with E-state index < -0.39 is 24.1 Å². The Labute approximate surface area is 171 Å². The molecular formula is C18H36N8O3. The van der Waals surface area contributed by atoms with E-state index in [0.29, 0.717) is 25.8 Å². The summed E-state index contributed by atoms with van der Waals surface area (Å²) in [4.78, 5) is 40.0. The van der Waals surface area contributed by atoms with Crippen molar-refractivity contribution in [3.05, 3.63) is 0 Å². The average Bonchev–Trinajstić information content (AvgIpc) is 2.64. The quantitative estimate of drug-likeness (QED) is 0.0975. The molecular weight excluding hydrogens is 376 g/mol. The fraction of sp³-hybridized carbons (Fsp3) is 0.778. The molecule has 1 fully saturated rings. The van der Waals surface area contributed by atoms with E-state index in [1.807, 2.05) is 6.92 Å². The lowest BCUT2D eigenvalue weighted by atomic mass is 9.84. The van der Waals surface area contributed by atoms with Crippen LogP contribution in [0.3, 0.4) is 0 Å². The smallest absolute Gasteiger partial charge is 0.316 e. The van der Waals surface area contributed by atoms with E-state index in [1.165, 1.54) is 0 Å². The number of amides is 4. The maximum atomic E-state index is 12.5. The maximum absolute atomic E-state index is 12.5. The molecule has 0 aliphatic heterocycles. The summed E-state index contributed by atoms with van der Waals surface area (Å²) in [5, 5.41) is 8.29. The summed E-state index contributed by atoms with van der Waals surface area (Å²) in [6, 6.07) is -1.10. The first-order valence-electron chi connectivity index (χ1n) is 10.2. The second-order valence-corrected chi connectivity index (χ2v) is 7.46. The van der Waals surface area contributed by atoms with Gasteiger partial charge in [0.15, 0.2) is 5.96 Å². The summed E-state index contributed by atoms with van der Waals surface area (Å²) >= 11 is 0. The van der Waals surface area contributed by atoms with Gasteiger partial charge in [0.2, 0.25) is 11.8 Å². The van der Waals surface area contributed by atoms with Gasteiger partial charge in [-0.2, -0.15) is 0 Å². The van der Waals surface area contributed by atoms with E-state index in [-0.39, 0.29) is 30.2 Å². The molecule has 1 aliphatic carbocycles. The van der Waals surface area contributed by atoms with Crippen LogP contribution >= 0.6 is 0 Å². The van der Waals surface area contributed by atoms with Gasteiger partial charge < -0.3 is 38.9 Å². The van der Waals surface area contributed by atoms with Crippen LogP contribution in [-0.4, -0.2) is 48.6 Å². The fourth-order valence-electron chi connectivity index (χ4n) is 3.40. The predicted molar refractivity (Wildman–Crippen MR) is 111 cm³/mol. The van der Waals surface area contributed by atoms with Gasteiger partial charge in [0, 0.05) is 25.0 Å². The molecule has 11 heteroatoms. The number of nitrogens with one attached hydrogen (secondary N) is 3. The molecule has 0 unspecified atom stereocenters. The van der Waals surface area contributed by atoms with Crippen molar-refractivity contribution in [2.45, 2.75) is 76.5 Å². The van der Waals surface area contributed by atoms with E-state index >= 15 is 0 Å². The number of carbonyl (C=O) groups excluding carboxylic acids is 3. The third-order valence-corrected chi connectivity index (χ3v) is 4.97. The molecule has 0 aromatic rings. The van der Waals surface area contributed by atoms with Crippen molar-refractivity contribution >= 4 is 23.8 Å². The lowest BCUT2D eigenvalue weighted by molar-refractivity contribution is -0.127. The molecule has 11 nitrogen and oxygen atoms in total. The van der Waals surface area contributed by atoms with Crippen LogP contribution in [0, 0.1) is 5.92 Å². The fourth-order valence-corrected chi connectivity index (χ4v) is 3.40. The predicted octanol–water partition coefficient (Wildman–Crippen LogP) is -1.05.